The lowest BCUT2D eigenvalue weighted by atomic mass is 10.1. The van der Waals surface area contributed by atoms with E-state index in [9.17, 15) is 0 Å². The predicted octanol–water partition coefficient (Wildman–Crippen LogP) is 3.34. The highest BCUT2D eigenvalue weighted by molar-refractivity contribution is 6.30. The lowest BCUT2D eigenvalue weighted by Gasteiger charge is -2.21. The third-order valence-corrected chi connectivity index (χ3v) is 3.04. The van der Waals surface area contributed by atoms with Crippen LogP contribution in [0.5, 0.6) is 0 Å². The Bertz CT molecular complexity index is 517. The summed E-state index contributed by atoms with van der Waals surface area (Å²) < 4.78 is 5.91. The first-order valence-corrected chi connectivity index (χ1v) is 6.56. The quantitative estimate of drug-likeness (QED) is 0.911. The average Bonchev–Trinajstić information content (AvgIpc) is 2.40. The largest absolute Gasteiger partial charge is 0.367 e. The molecule has 100 valence electrons. The zero-order chi connectivity index (χ0) is 13.7. The van der Waals surface area contributed by atoms with Crippen molar-refractivity contribution in [2.24, 2.45) is 5.73 Å². The van der Waals surface area contributed by atoms with Crippen LogP contribution in [-0.4, -0.2) is 11.0 Å². The van der Waals surface area contributed by atoms with Crippen LogP contribution in [-0.2, 0) is 11.3 Å². The molecule has 0 aliphatic rings. The number of hydrogen-bond acceptors (Lipinski definition) is 3. The molecule has 2 rings (SSSR count). The summed E-state index contributed by atoms with van der Waals surface area (Å²) in [4.78, 5) is 4.10. The molecule has 0 aliphatic carbocycles. The number of pyridine rings is 1. The zero-order valence-electron chi connectivity index (χ0n) is 10.8. The molecule has 4 heteroatoms. The number of nitrogens with zero attached hydrogens (tertiary/aromatic N) is 1. The second kappa shape index (κ2) is 6.66. The van der Waals surface area contributed by atoms with Crippen molar-refractivity contribution in [3.63, 3.8) is 0 Å². The number of hydrogen-bond donors (Lipinski definition) is 1. The molecule has 0 spiro atoms. The van der Waals surface area contributed by atoms with E-state index in [1.54, 1.807) is 12.4 Å². The summed E-state index contributed by atoms with van der Waals surface area (Å²) in [5, 5.41) is 0.708. The van der Waals surface area contributed by atoms with E-state index in [-0.39, 0.29) is 12.1 Å². The summed E-state index contributed by atoms with van der Waals surface area (Å²) >= 11 is 5.95. The number of benzene rings is 1. The van der Waals surface area contributed by atoms with Gasteiger partial charge in [-0.25, -0.2) is 0 Å². The van der Waals surface area contributed by atoms with Gasteiger partial charge >= 0.3 is 0 Å². The van der Waals surface area contributed by atoms with Crippen molar-refractivity contribution in [2.45, 2.75) is 25.7 Å². The lowest BCUT2D eigenvalue weighted by molar-refractivity contribution is 0.0257. The maximum absolute atomic E-state index is 5.98. The summed E-state index contributed by atoms with van der Waals surface area (Å²) in [5.74, 6) is 0. The topological polar surface area (TPSA) is 48.1 Å². The molecule has 0 bridgehead atoms. The molecule has 19 heavy (non-hydrogen) atoms. The molecule has 0 amide bonds. The van der Waals surface area contributed by atoms with Gasteiger partial charge in [-0.1, -0.05) is 29.8 Å². The van der Waals surface area contributed by atoms with Gasteiger partial charge in [0.05, 0.1) is 12.7 Å². The van der Waals surface area contributed by atoms with Gasteiger partial charge in [0.25, 0.3) is 0 Å². The highest BCUT2D eigenvalue weighted by Crippen LogP contribution is 2.21. The number of nitrogens with two attached hydrogens (primary N) is 1. The van der Waals surface area contributed by atoms with Crippen molar-refractivity contribution in [2.75, 3.05) is 0 Å². The molecule has 1 heterocycles. The van der Waals surface area contributed by atoms with Crippen molar-refractivity contribution >= 4 is 11.6 Å². The Kier molecular flexibility index (Phi) is 4.91. The van der Waals surface area contributed by atoms with E-state index in [1.165, 1.54) is 0 Å². The molecule has 1 aromatic carbocycles. The van der Waals surface area contributed by atoms with Gasteiger partial charge in [0.15, 0.2) is 0 Å². The van der Waals surface area contributed by atoms with E-state index in [4.69, 9.17) is 22.1 Å². The van der Waals surface area contributed by atoms with Crippen LogP contribution in [0.25, 0.3) is 0 Å². The smallest absolute Gasteiger partial charge is 0.0992 e. The fraction of sp³-hybridized carbons (Fsp3) is 0.267. The first-order valence-electron chi connectivity index (χ1n) is 6.18. The lowest BCUT2D eigenvalue weighted by Crippen LogP contribution is -2.27. The van der Waals surface area contributed by atoms with Gasteiger partial charge < -0.3 is 10.5 Å². The standard InChI is InChI=1S/C15H17ClN2O/c1-11(17)15(13-5-3-7-18-9-13)19-10-12-4-2-6-14(16)8-12/h2-9,11,15H,10,17H2,1H3. The second-order valence-electron chi connectivity index (χ2n) is 4.51. The third-order valence-electron chi connectivity index (χ3n) is 2.81. The summed E-state index contributed by atoms with van der Waals surface area (Å²) in [6, 6.07) is 11.4. The summed E-state index contributed by atoms with van der Waals surface area (Å²) in [5.41, 5.74) is 8.00. The average molecular weight is 277 g/mol. The normalized spacial score (nSPS) is 14.1. The van der Waals surface area contributed by atoms with Crippen LogP contribution in [0.4, 0.5) is 0 Å². The van der Waals surface area contributed by atoms with Crippen LogP contribution in [0.2, 0.25) is 5.02 Å². The van der Waals surface area contributed by atoms with E-state index in [1.807, 2.05) is 43.3 Å². The molecule has 2 N–H and O–H groups in total. The van der Waals surface area contributed by atoms with Gasteiger partial charge in [-0.05, 0) is 30.7 Å². The van der Waals surface area contributed by atoms with Gasteiger partial charge in [0.2, 0.25) is 0 Å². The molecular weight excluding hydrogens is 260 g/mol. The SMILES string of the molecule is CC(N)C(OCc1cccc(Cl)c1)c1cccnc1. The van der Waals surface area contributed by atoms with Crippen LogP contribution in [0.1, 0.15) is 24.2 Å². The van der Waals surface area contributed by atoms with E-state index < -0.39 is 0 Å². The maximum Gasteiger partial charge on any atom is 0.0992 e. The Labute approximate surface area is 118 Å². The van der Waals surface area contributed by atoms with Gasteiger partial charge in [0, 0.05) is 29.0 Å². The molecule has 1 aromatic heterocycles. The molecule has 2 unspecified atom stereocenters. The molecule has 0 saturated carbocycles. The first kappa shape index (κ1) is 14.0. The maximum atomic E-state index is 5.98. The monoisotopic (exact) mass is 276 g/mol. The van der Waals surface area contributed by atoms with Crippen LogP contribution >= 0.6 is 11.6 Å². The molecule has 0 saturated heterocycles. The minimum atomic E-state index is -0.173. The fourth-order valence-electron chi connectivity index (χ4n) is 1.91. The molecular formula is C15H17ClN2O. The van der Waals surface area contributed by atoms with Crippen molar-refractivity contribution in [1.82, 2.24) is 4.98 Å². The van der Waals surface area contributed by atoms with E-state index in [2.05, 4.69) is 4.98 Å². The molecule has 2 atom stereocenters. The molecule has 2 aromatic rings. The number of aromatic nitrogens is 1. The van der Waals surface area contributed by atoms with Crippen molar-refractivity contribution in [1.29, 1.82) is 0 Å². The minimum Gasteiger partial charge on any atom is -0.367 e. The van der Waals surface area contributed by atoms with Gasteiger partial charge in [-0.15, -0.1) is 0 Å². The first-order chi connectivity index (χ1) is 9.16. The molecule has 0 aliphatic heterocycles. The molecule has 3 nitrogen and oxygen atoms in total. The Morgan fingerprint density at radius 1 is 1.32 bits per heavy atom. The van der Waals surface area contributed by atoms with Crippen LogP contribution < -0.4 is 5.73 Å². The van der Waals surface area contributed by atoms with Gasteiger partial charge in [-0.3, -0.25) is 4.98 Å². The van der Waals surface area contributed by atoms with Crippen molar-refractivity contribution in [3.05, 3.63) is 64.9 Å². The van der Waals surface area contributed by atoms with E-state index >= 15 is 0 Å². The number of rotatable bonds is 5. The van der Waals surface area contributed by atoms with Gasteiger partial charge in [-0.2, -0.15) is 0 Å². The zero-order valence-corrected chi connectivity index (χ0v) is 11.5. The number of halogens is 1. The Hall–Kier alpha value is -1.42. The third kappa shape index (κ3) is 4.03. The van der Waals surface area contributed by atoms with Crippen molar-refractivity contribution in [3.8, 4) is 0 Å². The molecule has 0 fully saturated rings. The van der Waals surface area contributed by atoms with Crippen molar-refractivity contribution < 1.29 is 4.74 Å². The summed E-state index contributed by atoms with van der Waals surface area (Å²) in [7, 11) is 0. The minimum absolute atomic E-state index is 0.108. The van der Waals surface area contributed by atoms with E-state index in [0.717, 1.165) is 11.1 Å². The highest BCUT2D eigenvalue weighted by Gasteiger charge is 2.17. The summed E-state index contributed by atoms with van der Waals surface area (Å²) in [6.07, 6.45) is 3.35. The van der Waals surface area contributed by atoms with E-state index in [0.29, 0.717) is 11.6 Å². The highest BCUT2D eigenvalue weighted by atomic mass is 35.5. The Morgan fingerprint density at radius 2 is 2.16 bits per heavy atom. The Morgan fingerprint density at radius 3 is 2.79 bits per heavy atom. The number of ether oxygens (including phenoxy) is 1. The van der Waals surface area contributed by atoms with Crippen LogP contribution in [0.15, 0.2) is 48.8 Å². The van der Waals surface area contributed by atoms with Crippen LogP contribution in [0.3, 0.4) is 0 Å². The van der Waals surface area contributed by atoms with Crippen LogP contribution in [0, 0.1) is 0 Å². The second-order valence-corrected chi connectivity index (χ2v) is 4.94. The summed E-state index contributed by atoms with van der Waals surface area (Å²) in [6.45, 7) is 2.40. The van der Waals surface area contributed by atoms with Gasteiger partial charge in [0.1, 0.15) is 0 Å². The Balaban J connectivity index is 2.06. The molecule has 0 radical (unpaired) electrons. The predicted molar refractivity (Wildman–Crippen MR) is 76.9 cm³/mol. The fourth-order valence-corrected chi connectivity index (χ4v) is 2.12.